The number of rotatable bonds is 5. The summed E-state index contributed by atoms with van der Waals surface area (Å²) in [4.78, 5) is 15.4. The van der Waals surface area contributed by atoms with E-state index < -0.39 is 42.0 Å². The molecular formula is C17H12F4N2O3. The molecule has 9 heteroatoms. The van der Waals surface area contributed by atoms with E-state index in [0.717, 1.165) is 28.7 Å². The SMILES string of the molecule is Cc1nc2c(OCc3c(F)cccc3F)ccc(C(F)F)n2c1C(=O)O. The molecular weight excluding hydrogens is 356 g/mol. The van der Waals surface area contributed by atoms with Crippen LogP contribution in [-0.4, -0.2) is 20.5 Å². The maximum atomic E-state index is 13.7. The topological polar surface area (TPSA) is 63.8 Å². The number of carbonyl (C=O) groups is 1. The summed E-state index contributed by atoms with van der Waals surface area (Å²) < 4.78 is 60.0. The minimum Gasteiger partial charge on any atom is -0.485 e. The molecule has 0 aliphatic heterocycles. The largest absolute Gasteiger partial charge is 0.485 e. The molecule has 0 unspecified atom stereocenters. The number of imidazole rings is 1. The molecule has 0 saturated heterocycles. The van der Waals surface area contributed by atoms with Crippen molar-refractivity contribution in [3.8, 4) is 5.75 Å². The van der Waals surface area contributed by atoms with Crippen molar-refractivity contribution in [2.75, 3.05) is 0 Å². The van der Waals surface area contributed by atoms with E-state index in [1.54, 1.807) is 0 Å². The number of benzene rings is 1. The molecule has 0 spiro atoms. The summed E-state index contributed by atoms with van der Waals surface area (Å²) in [6, 6.07) is 5.45. The third-order valence-electron chi connectivity index (χ3n) is 3.80. The Morgan fingerprint density at radius 2 is 1.88 bits per heavy atom. The Morgan fingerprint density at radius 1 is 1.23 bits per heavy atom. The van der Waals surface area contributed by atoms with Gasteiger partial charge in [0, 0.05) is 0 Å². The molecule has 0 aliphatic carbocycles. The molecule has 26 heavy (non-hydrogen) atoms. The van der Waals surface area contributed by atoms with Gasteiger partial charge in [0.1, 0.15) is 18.2 Å². The van der Waals surface area contributed by atoms with E-state index in [0.29, 0.717) is 0 Å². The monoisotopic (exact) mass is 368 g/mol. The van der Waals surface area contributed by atoms with Crippen molar-refractivity contribution in [3.05, 3.63) is 64.6 Å². The van der Waals surface area contributed by atoms with Gasteiger partial charge in [-0.1, -0.05) is 6.07 Å². The number of carboxylic acids is 1. The van der Waals surface area contributed by atoms with Gasteiger partial charge in [-0.25, -0.2) is 27.3 Å². The molecule has 1 aromatic carbocycles. The third-order valence-corrected chi connectivity index (χ3v) is 3.80. The molecule has 0 bridgehead atoms. The summed E-state index contributed by atoms with van der Waals surface area (Å²) in [6.07, 6.45) is -2.96. The highest BCUT2D eigenvalue weighted by atomic mass is 19.3. The van der Waals surface area contributed by atoms with Crippen molar-refractivity contribution in [2.45, 2.75) is 20.0 Å². The fourth-order valence-corrected chi connectivity index (χ4v) is 2.61. The third kappa shape index (κ3) is 2.96. The second-order valence-corrected chi connectivity index (χ2v) is 5.42. The van der Waals surface area contributed by atoms with Crippen LogP contribution in [0.1, 0.15) is 33.9 Å². The summed E-state index contributed by atoms with van der Waals surface area (Å²) in [7, 11) is 0. The van der Waals surface area contributed by atoms with Crippen molar-refractivity contribution >= 4 is 11.6 Å². The first-order valence-corrected chi connectivity index (χ1v) is 7.40. The summed E-state index contributed by atoms with van der Waals surface area (Å²) in [6.45, 7) is 0.836. The normalized spacial score (nSPS) is 11.3. The summed E-state index contributed by atoms with van der Waals surface area (Å²) in [5.41, 5.74) is -1.52. The number of halogens is 4. The van der Waals surface area contributed by atoms with Gasteiger partial charge in [0.25, 0.3) is 6.43 Å². The molecule has 136 valence electrons. The van der Waals surface area contributed by atoms with Gasteiger partial charge in [0.05, 0.1) is 17.0 Å². The average Bonchev–Trinajstić information content (AvgIpc) is 2.91. The molecule has 0 aliphatic rings. The molecule has 0 atom stereocenters. The Labute approximate surface area is 144 Å². The molecule has 2 aromatic heterocycles. The zero-order valence-electron chi connectivity index (χ0n) is 13.3. The molecule has 2 heterocycles. The van der Waals surface area contributed by atoms with Crippen molar-refractivity contribution in [2.24, 2.45) is 0 Å². The van der Waals surface area contributed by atoms with E-state index in [-0.39, 0.29) is 22.7 Å². The second kappa shape index (κ2) is 6.66. The Bertz CT molecular complexity index is 981. The molecule has 0 fully saturated rings. The van der Waals surface area contributed by atoms with Gasteiger partial charge in [-0.2, -0.15) is 0 Å². The van der Waals surface area contributed by atoms with Gasteiger partial charge in [-0.3, -0.25) is 4.40 Å². The minimum atomic E-state index is -2.96. The number of aromatic carboxylic acids is 1. The predicted molar refractivity (Wildman–Crippen MR) is 82.5 cm³/mol. The number of nitrogens with zero attached hydrogens (tertiary/aromatic N) is 2. The molecule has 3 aromatic rings. The summed E-state index contributed by atoms with van der Waals surface area (Å²) >= 11 is 0. The van der Waals surface area contributed by atoms with E-state index >= 15 is 0 Å². The Hall–Kier alpha value is -3.10. The average molecular weight is 368 g/mol. The highest BCUT2D eigenvalue weighted by molar-refractivity contribution is 5.89. The smallest absolute Gasteiger partial charge is 0.354 e. The van der Waals surface area contributed by atoms with Crippen LogP contribution in [-0.2, 0) is 6.61 Å². The van der Waals surface area contributed by atoms with Crippen LogP contribution in [0.2, 0.25) is 0 Å². The van der Waals surface area contributed by atoms with E-state index in [1.165, 1.54) is 13.0 Å². The molecule has 0 saturated carbocycles. The van der Waals surface area contributed by atoms with Crippen LogP contribution in [0.4, 0.5) is 17.6 Å². The zero-order valence-corrected chi connectivity index (χ0v) is 13.3. The fraction of sp³-hybridized carbons (Fsp3) is 0.176. The summed E-state index contributed by atoms with van der Waals surface area (Å²) in [5.74, 6) is -3.16. The van der Waals surface area contributed by atoms with E-state index in [9.17, 15) is 27.5 Å². The number of ether oxygens (including phenoxy) is 1. The van der Waals surface area contributed by atoms with Gasteiger partial charge in [-0.05, 0) is 31.2 Å². The highest BCUT2D eigenvalue weighted by Gasteiger charge is 2.24. The lowest BCUT2D eigenvalue weighted by Crippen LogP contribution is -2.09. The van der Waals surface area contributed by atoms with Crippen molar-refractivity contribution in [1.82, 2.24) is 9.38 Å². The number of carboxylic acid groups (broad SMARTS) is 1. The lowest BCUT2D eigenvalue weighted by Gasteiger charge is -2.12. The number of aryl methyl sites for hydroxylation is 1. The first-order valence-electron chi connectivity index (χ1n) is 7.40. The number of fused-ring (bicyclic) bond motifs is 1. The van der Waals surface area contributed by atoms with Crippen LogP contribution in [0.5, 0.6) is 5.75 Å². The predicted octanol–water partition coefficient (Wildman–Crippen LogP) is 4.14. The van der Waals surface area contributed by atoms with Gasteiger partial charge in [0.15, 0.2) is 17.1 Å². The number of aromatic nitrogens is 2. The van der Waals surface area contributed by atoms with E-state index in [2.05, 4.69) is 4.98 Å². The maximum absolute atomic E-state index is 13.7. The fourth-order valence-electron chi connectivity index (χ4n) is 2.61. The maximum Gasteiger partial charge on any atom is 0.354 e. The van der Waals surface area contributed by atoms with E-state index in [1.807, 2.05) is 0 Å². The molecule has 5 nitrogen and oxygen atoms in total. The molecule has 0 radical (unpaired) electrons. The quantitative estimate of drug-likeness (QED) is 0.688. The van der Waals surface area contributed by atoms with E-state index in [4.69, 9.17) is 4.74 Å². The standard InChI is InChI=1S/C17H12F4N2O3/c1-8-14(17(24)25)23-12(15(20)21)5-6-13(16(23)22-8)26-7-9-10(18)3-2-4-11(9)19/h2-6,15H,7H2,1H3,(H,24,25). The van der Waals surface area contributed by atoms with Crippen LogP contribution in [0.25, 0.3) is 5.65 Å². The second-order valence-electron chi connectivity index (χ2n) is 5.42. The van der Waals surface area contributed by atoms with Crippen LogP contribution >= 0.6 is 0 Å². The Morgan fingerprint density at radius 3 is 2.46 bits per heavy atom. The number of pyridine rings is 1. The first kappa shape index (κ1) is 17.7. The first-order chi connectivity index (χ1) is 12.3. The van der Waals surface area contributed by atoms with Gasteiger partial charge in [0.2, 0.25) is 0 Å². The molecule has 1 N–H and O–H groups in total. The van der Waals surface area contributed by atoms with Crippen LogP contribution in [0.3, 0.4) is 0 Å². The van der Waals surface area contributed by atoms with Crippen molar-refractivity contribution in [1.29, 1.82) is 0 Å². The minimum absolute atomic E-state index is 0.00697. The van der Waals surface area contributed by atoms with Gasteiger partial charge < -0.3 is 9.84 Å². The van der Waals surface area contributed by atoms with Crippen molar-refractivity contribution < 1.29 is 32.2 Å². The van der Waals surface area contributed by atoms with Crippen molar-refractivity contribution in [3.63, 3.8) is 0 Å². The van der Waals surface area contributed by atoms with Crippen LogP contribution < -0.4 is 4.74 Å². The lowest BCUT2D eigenvalue weighted by molar-refractivity contribution is 0.0686. The van der Waals surface area contributed by atoms with Crippen LogP contribution in [0, 0.1) is 18.6 Å². The number of alkyl halides is 2. The number of hydrogen-bond acceptors (Lipinski definition) is 3. The molecule has 3 rings (SSSR count). The van der Waals surface area contributed by atoms with Gasteiger partial charge in [-0.15, -0.1) is 0 Å². The Balaban J connectivity index is 2.09. The summed E-state index contributed by atoms with van der Waals surface area (Å²) in [5, 5.41) is 9.28. The highest BCUT2D eigenvalue weighted by Crippen LogP contribution is 2.30. The van der Waals surface area contributed by atoms with Crippen LogP contribution in [0.15, 0.2) is 30.3 Å². The lowest BCUT2D eigenvalue weighted by atomic mass is 10.2. The van der Waals surface area contributed by atoms with Gasteiger partial charge >= 0.3 is 5.97 Å². The zero-order chi connectivity index (χ0) is 19.0. The number of hydrogen-bond donors (Lipinski definition) is 1. The molecule has 0 amide bonds. The Kier molecular flexibility index (Phi) is 4.54.